The number of oxime groups is 1. The minimum absolute atomic E-state index is 0.0316. The Kier molecular flexibility index (Phi) is 4.91. The summed E-state index contributed by atoms with van der Waals surface area (Å²) in [4.78, 5) is 5.55. The van der Waals surface area contributed by atoms with Gasteiger partial charge >= 0.3 is 10.1 Å². The molecule has 0 radical (unpaired) electrons. The molecule has 0 bridgehead atoms. The highest BCUT2D eigenvalue weighted by Crippen LogP contribution is 2.35. The highest BCUT2D eigenvalue weighted by Gasteiger charge is 2.25. The third-order valence-electron chi connectivity index (χ3n) is 3.67. The Morgan fingerprint density at radius 3 is 2.75 bits per heavy atom. The molecular weight excluding hydrogens is 344 g/mol. The molecule has 0 aromatic heterocycles. The molecule has 126 valence electrons. The maximum Gasteiger partial charge on any atom is 0.328 e. The van der Waals surface area contributed by atoms with Crippen molar-refractivity contribution in [1.82, 2.24) is 0 Å². The van der Waals surface area contributed by atoms with Gasteiger partial charge in [-0.3, -0.25) is 9.28 Å². The van der Waals surface area contributed by atoms with Crippen LogP contribution in [0.15, 0.2) is 57.0 Å². The molecule has 2 aliphatic heterocycles. The molecule has 0 saturated carbocycles. The average Bonchev–Trinajstić information content (AvgIpc) is 2.95. The number of benzene rings is 1. The molecule has 24 heavy (non-hydrogen) atoms. The van der Waals surface area contributed by atoms with Gasteiger partial charge in [-0.05, 0) is 31.1 Å². The molecular formula is C17H18N2O3S2. The van der Waals surface area contributed by atoms with E-state index >= 15 is 0 Å². The number of thioether (sulfide) groups is 1. The fourth-order valence-corrected chi connectivity index (χ4v) is 4.11. The molecule has 0 spiro atoms. The third kappa shape index (κ3) is 3.62. The summed E-state index contributed by atoms with van der Waals surface area (Å²) in [5, 5.41) is 4.29. The second kappa shape index (κ2) is 6.94. The van der Waals surface area contributed by atoms with E-state index in [9.17, 15) is 8.42 Å². The normalized spacial score (nSPS) is 21.8. The summed E-state index contributed by atoms with van der Waals surface area (Å²) >= 11 is 1.41. The Bertz CT molecular complexity index is 881. The molecule has 3 rings (SSSR count). The second-order valence-electron chi connectivity index (χ2n) is 5.52. The first-order chi connectivity index (χ1) is 11.5. The van der Waals surface area contributed by atoms with E-state index < -0.39 is 10.1 Å². The van der Waals surface area contributed by atoms with Crippen molar-refractivity contribution < 1.29 is 12.7 Å². The standard InChI is InChI=1S/C17H18N2O3S2/c1-3-10-24(20,21)22-19-16-9-8-15(23-16)14-11-18-17(14)13-7-5-4-6-12(13)2/h4-9H,3,10-11H2,1-2H3. The summed E-state index contributed by atoms with van der Waals surface area (Å²) in [7, 11) is -3.58. The molecule has 2 aliphatic rings. The van der Waals surface area contributed by atoms with E-state index in [1.807, 2.05) is 18.2 Å². The van der Waals surface area contributed by atoms with Crippen molar-refractivity contribution in [2.75, 3.05) is 12.3 Å². The van der Waals surface area contributed by atoms with Crippen molar-refractivity contribution in [2.24, 2.45) is 10.1 Å². The van der Waals surface area contributed by atoms with Crippen molar-refractivity contribution in [3.8, 4) is 0 Å². The zero-order valence-corrected chi connectivity index (χ0v) is 15.2. The molecule has 2 heterocycles. The summed E-state index contributed by atoms with van der Waals surface area (Å²) in [5.74, 6) is -0.0316. The van der Waals surface area contributed by atoms with Crippen LogP contribution in [0.3, 0.4) is 0 Å². The van der Waals surface area contributed by atoms with E-state index in [1.54, 1.807) is 13.0 Å². The fraction of sp³-hybridized carbons (Fsp3) is 0.294. The van der Waals surface area contributed by atoms with Crippen LogP contribution in [-0.4, -0.2) is 31.5 Å². The van der Waals surface area contributed by atoms with Crippen LogP contribution in [0, 0.1) is 6.92 Å². The van der Waals surface area contributed by atoms with Gasteiger partial charge in [-0.25, -0.2) is 0 Å². The zero-order valence-electron chi connectivity index (χ0n) is 13.5. The van der Waals surface area contributed by atoms with Crippen LogP contribution in [0.25, 0.3) is 0 Å². The van der Waals surface area contributed by atoms with Gasteiger partial charge in [0.15, 0.2) is 0 Å². The quantitative estimate of drug-likeness (QED) is 0.753. The number of allylic oxidation sites excluding steroid dienone is 1. The second-order valence-corrected chi connectivity index (χ2v) is 8.26. The molecule has 0 aliphatic carbocycles. The Morgan fingerprint density at radius 1 is 1.29 bits per heavy atom. The van der Waals surface area contributed by atoms with E-state index in [1.165, 1.54) is 17.3 Å². The lowest BCUT2D eigenvalue weighted by molar-refractivity contribution is 0.340. The van der Waals surface area contributed by atoms with Crippen LogP contribution >= 0.6 is 11.8 Å². The molecule has 1 aromatic rings. The Labute approximate surface area is 146 Å². The van der Waals surface area contributed by atoms with Crippen molar-refractivity contribution in [1.29, 1.82) is 0 Å². The van der Waals surface area contributed by atoms with Gasteiger partial charge < -0.3 is 0 Å². The first-order valence-corrected chi connectivity index (χ1v) is 10.1. The molecule has 0 amide bonds. The van der Waals surface area contributed by atoms with Crippen molar-refractivity contribution >= 4 is 32.6 Å². The number of aliphatic imine (C=N–C) groups is 1. The Morgan fingerprint density at radius 2 is 2.08 bits per heavy atom. The van der Waals surface area contributed by atoms with Crippen molar-refractivity contribution in [2.45, 2.75) is 20.3 Å². The van der Waals surface area contributed by atoms with Gasteiger partial charge in [-0.1, -0.05) is 48.1 Å². The molecule has 1 aromatic carbocycles. The minimum atomic E-state index is -3.58. The van der Waals surface area contributed by atoms with Gasteiger partial charge in [0.05, 0.1) is 18.0 Å². The maximum absolute atomic E-state index is 11.6. The lowest BCUT2D eigenvalue weighted by Gasteiger charge is -2.21. The van der Waals surface area contributed by atoms with Gasteiger partial charge in [-0.2, -0.15) is 8.42 Å². The van der Waals surface area contributed by atoms with Gasteiger partial charge in [0.1, 0.15) is 5.04 Å². The molecule has 0 atom stereocenters. The number of aryl methyl sites for hydroxylation is 1. The Balaban J connectivity index is 1.75. The molecule has 5 nitrogen and oxygen atoms in total. The van der Waals surface area contributed by atoms with E-state index in [0.717, 1.165) is 21.8 Å². The van der Waals surface area contributed by atoms with Gasteiger partial charge in [0.25, 0.3) is 0 Å². The third-order valence-corrected chi connectivity index (χ3v) is 5.90. The van der Waals surface area contributed by atoms with Gasteiger partial charge in [-0.15, -0.1) is 0 Å². The van der Waals surface area contributed by atoms with Crippen LogP contribution in [0.2, 0.25) is 0 Å². The number of hydrogen-bond acceptors (Lipinski definition) is 6. The van der Waals surface area contributed by atoms with Gasteiger partial charge in [0, 0.05) is 16.0 Å². The van der Waals surface area contributed by atoms with Crippen molar-refractivity contribution in [3.05, 3.63) is 58.0 Å². The van der Waals surface area contributed by atoms with Crippen LogP contribution < -0.4 is 0 Å². The summed E-state index contributed by atoms with van der Waals surface area (Å²) in [6.45, 7) is 4.51. The summed E-state index contributed by atoms with van der Waals surface area (Å²) in [6.07, 6.45) is 4.20. The fourth-order valence-electron chi connectivity index (χ4n) is 2.44. The first kappa shape index (κ1) is 17.0. The number of hydrogen-bond donors (Lipinski definition) is 0. The SMILES string of the molecule is CCCS(=O)(=O)ON=C1C=CC(=C2CN=C2c2ccccc2C)S1. The predicted octanol–water partition coefficient (Wildman–Crippen LogP) is 3.42. The lowest BCUT2D eigenvalue weighted by atomic mass is 9.94. The first-order valence-electron chi connectivity index (χ1n) is 7.69. The van der Waals surface area contributed by atoms with E-state index in [0.29, 0.717) is 18.0 Å². The smallest absolute Gasteiger partial charge is 0.279 e. The topological polar surface area (TPSA) is 68.1 Å². The predicted molar refractivity (Wildman–Crippen MR) is 98.9 cm³/mol. The summed E-state index contributed by atoms with van der Waals surface area (Å²) in [5.41, 5.74) is 4.48. The molecule has 0 fully saturated rings. The molecule has 0 saturated heterocycles. The van der Waals surface area contributed by atoms with Crippen LogP contribution in [0.5, 0.6) is 0 Å². The number of rotatable bonds is 5. The average molecular weight is 362 g/mol. The highest BCUT2D eigenvalue weighted by atomic mass is 32.2. The Hall–Kier alpha value is -1.86. The van der Waals surface area contributed by atoms with E-state index in [2.05, 4.69) is 29.2 Å². The maximum atomic E-state index is 11.6. The zero-order chi connectivity index (χ0) is 17.2. The largest absolute Gasteiger partial charge is 0.328 e. The summed E-state index contributed by atoms with van der Waals surface area (Å²) in [6, 6.07) is 8.14. The summed E-state index contributed by atoms with van der Waals surface area (Å²) < 4.78 is 27.8. The molecule has 0 unspecified atom stereocenters. The van der Waals surface area contributed by atoms with Crippen molar-refractivity contribution in [3.63, 3.8) is 0 Å². The van der Waals surface area contributed by atoms with Crippen LogP contribution in [0.1, 0.15) is 24.5 Å². The van der Waals surface area contributed by atoms with Crippen LogP contribution in [-0.2, 0) is 14.4 Å². The highest BCUT2D eigenvalue weighted by molar-refractivity contribution is 8.18. The van der Waals surface area contributed by atoms with Crippen LogP contribution in [0.4, 0.5) is 0 Å². The van der Waals surface area contributed by atoms with E-state index in [4.69, 9.17) is 4.28 Å². The lowest BCUT2D eigenvalue weighted by Crippen LogP contribution is -2.20. The molecule has 7 heteroatoms. The monoisotopic (exact) mass is 362 g/mol. The molecule has 0 N–H and O–H groups in total. The number of nitrogens with zero attached hydrogens (tertiary/aromatic N) is 2. The van der Waals surface area contributed by atoms with E-state index in [-0.39, 0.29) is 5.75 Å². The van der Waals surface area contributed by atoms with Gasteiger partial charge in [0.2, 0.25) is 0 Å². The minimum Gasteiger partial charge on any atom is -0.279 e.